The summed E-state index contributed by atoms with van der Waals surface area (Å²) in [6, 6.07) is 3.52. The van der Waals surface area contributed by atoms with Crippen molar-refractivity contribution in [1.29, 1.82) is 0 Å². The molecule has 0 unspecified atom stereocenters. The molecular formula is C12H17NO3. The molecule has 1 aromatic heterocycles. The Labute approximate surface area is 95.3 Å². The van der Waals surface area contributed by atoms with E-state index < -0.39 is 11.6 Å². The van der Waals surface area contributed by atoms with E-state index >= 15 is 0 Å². The van der Waals surface area contributed by atoms with Gasteiger partial charge in [0, 0.05) is 6.20 Å². The number of aryl methyl sites for hydroxylation is 1. The quantitative estimate of drug-likeness (QED) is 0.787. The van der Waals surface area contributed by atoms with Crippen molar-refractivity contribution < 1.29 is 14.6 Å². The number of rotatable bonds is 4. The van der Waals surface area contributed by atoms with Crippen molar-refractivity contribution in [1.82, 2.24) is 4.98 Å². The lowest BCUT2D eigenvalue weighted by Gasteiger charge is -2.16. The highest BCUT2D eigenvalue weighted by Gasteiger charge is 2.13. The molecule has 0 saturated carbocycles. The second-order valence-electron chi connectivity index (χ2n) is 4.35. The van der Waals surface area contributed by atoms with Gasteiger partial charge in [-0.2, -0.15) is 0 Å². The molecule has 0 radical (unpaired) electrons. The molecule has 0 aliphatic rings. The van der Waals surface area contributed by atoms with Gasteiger partial charge in [0.2, 0.25) is 0 Å². The van der Waals surface area contributed by atoms with Gasteiger partial charge in [-0.3, -0.25) is 0 Å². The predicted octanol–water partition coefficient (Wildman–Crippen LogP) is 1.57. The van der Waals surface area contributed by atoms with Gasteiger partial charge in [-0.15, -0.1) is 0 Å². The van der Waals surface area contributed by atoms with Crippen molar-refractivity contribution in [2.45, 2.75) is 32.3 Å². The molecule has 0 saturated heterocycles. The zero-order valence-corrected chi connectivity index (χ0v) is 9.86. The Morgan fingerprint density at radius 2 is 2.25 bits per heavy atom. The maximum atomic E-state index is 11.2. The van der Waals surface area contributed by atoms with Crippen LogP contribution in [-0.4, -0.2) is 28.8 Å². The topological polar surface area (TPSA) is 59.4 Å². The Morgan fingerprint density at radius 3 is 2.81 bits per heavy atom. The third-order valence-electron chi connectivity index (χ3n) is 2.24. The molecule has 16 heavy (non-hydrogen) atoms. The summed E-state index contributed by atoms with van der Waals surface area (Å²) in [5.41, 5.74) is 0.572. The van der Waals surface area contributed by atoms with Gasteiger partial charge in [-0.05, 0) is 44.4 Å². The molecule has 1 aromatic rings. The van der Waals surface area contributed by atoms with E-state index in [1.54, 1.807) is 26.1 Å². The second kappa shape index (κ2) is 5.07. The second-order valence-corrected chi connectivity index (χ2v) is 4.35. The Bertz CT molecular complexity index is 369. The molecule has 0 fully saturated rings. The number of pyridine rings is 1. The van der Waals surface area contributed by atoms with Crippen molar-refractivity contribution >= 4 is 5.97 Å². The number of hydrogen-bond donors (Lipinski definition) is 1. The number of aromatic nitrogens is 1. The van der Waals surface area contributed by atoms with Crippen molar-refractivity contribution in [3.05, 3.63) is 29.6 Å². The summed E-state index contributed by atoms with van der Waals surface area (Å²) in [7, 11) is 1.33. The number of methoxy groups -OCH3 is 1. The number of carbonyl (C=O) groups is 1. The molecule has 88 valence electrons. The Balaban J connectivity index is 2.71. The van der Waals surface area contributed by atoms with Gasteiger partial charge < -0.3 is 9.84 Å². The maximum absolute atomic E-state index is 11.2. The summed E-state index contributed by atoms with van der Waals surface area (Å²) in [6.07, 6.45) is 2.92. The zero-order chi connectivity index (χ0) is 12.2. The van der Waals surface area contributed by atoms with E-state index in [-0.39, 0.29) is 0 Å². The summed E-state index contributed by atoms with van der Waals surface area (Å²) in [4.78, 5) is 15.2. The summed E-state index contributed by atoms with van der Waals surface area (Å²) in [5, 5.41) is 9.60. The lowest BCUT2D eigenvalue weighted by molar-refractivity contribution is 0.0594. The molecule has 0 bridgehead atoms. The number of hydrogen-bond acceptors (Lipinski definition) is 4. The fourth-order valence-corrected chi connectivity index (χ4v) is 1.30. The molecule has 0 aliphatic carbocycles. The first-order valence-electron chi connectivity index (χ1n) is 5.18. The number of carbonyl (C=O) groups excluding carboxylic acids is 1. The van der Waals surface area contributed by atoms with Crippen LogP contribution in [0.2, 0.25) is 0 Å². The fourth-order valence-electron chi connectivity index (χ4n) is 1.30. The van der Waals surface area contributed by atoms with Gasteiger partial charge in [0.15, 0.2) is 0 Å². The number of esters is 1. The molecule has 0 atom stereocenters. The minimum Gasteiger partial charge on any atom is -0.464 e. The highest BCUT2D eigenvalue weighted by Crippen LogP contribution is 2.13. The predicted molar refractivity (Wildman–Crippen MR) is 60.2 cm³/mol. The molecule has 0 amide bonds. The first-order valence-corrected chi connectivity index (χ1v) is 5.18. The zero-order valence-electron chi connectivity index (χ0n) is 9.86. The van der Waals surface area contributed by atoms with Crippen LogP contribution in [0.5, 0.6) is 0 Å². The highest BCUT2D eigenvalue weighted by molar-refractivity contribution is 5.87. The van der Waals surface area contributed by atoms with E-state index in [1.807, 2.05) is 6.07 Å². The molecule has 0 aromatic carbocycles. The number of nitrogens with zero attached hydrogens (tertiary/aromatic N) is 1. The van der Waals surface area contributed by atoms with Crippen LogP contribution in [0.4, 0.5) is 0 Å². The SMILES string of the molecule is COC(=O)c1cc(CCC(C)(C)O)ccn1. The summed E-state index contributed by atoms with van der Waals surface area (Å²) < 4.78 is 4.59. The minimum absolute atomic E-state index is 0.302. The molecule has 4 heteroatoms. The van der Waals surface area contributed by atoms with Gasteiger partial charge in [0.05, 0.1) is 12.7 Å². The average Bonchev–Trinajstić information content (AvgIpc) is 2.25. The standard InChI is InChI=1S/C12H17NO3/c1-12(2,15)6-4-9-5-7-13-10(8-9)11(14)16-3/h5,7-8,15H,4,6H2,1-3H3. The molecule has 1 heterocycles. The van der Waals surface area contributed by atoms with Crippen LogP contribution in [0.3, 0.4) is 0 Å². The van der Waals surface area contributed by atoms with E-state index in [1.165, 1.54) is 7.11 Å². The molecular weight excluding hydrogens is 206 g/mol. The highest BCUT2D eigenvalue weighted by atomic mass is 16.5. The summed E-state index contributed by atoms with van der Waals surface area (Å²) in [5.74, 6) is -0.440. The monoisotopic (exact) mass is 223 g/mol. The van der Waals surface area contributed by atoms with Crippen molar-refractivity contribution in [3.63, 3.8) is 0 Å². The lowest BCUT2D eigenvalue weighted by Crippen LogP contribution is -2.19. The first kappa shape index (κ1) is 12.6. The van der Waals surface area contributed by atoms with Crippen LogP contribution in [0.25, 0.3) is 0 Å². The van der Waals surface area contributed by atoms with Crippen molar-refractivity contribution in [2.24, 2.45) is 0 Å². The molecule has 0 aliphatic heterocycles. The third-order valence-corrected chi connectivity index (χ3v) is 2.24. The summed E-state index contributed by atoms with van der Waals surface area (Å²) in [6.45, 7) is 3.52. The van der Waals surface area contributed by atoms with Gasteiger partial charge in [-0.1, -0.05) is 0 Å². The van der Waals surface area contributed by atoms with E-state index in [0.717, 1.165) is 5.56 Å². The van der Waals surface area contributed by atoms with Crippen LogP contribution < -0.4 is 0 Å². The Morgan fingerprint density at radius 1 is 1.56 bits per heavy atom. The van der Waals surface area contributed by atoms with Crippen LogP contribution in [0.1, 0.15) is 36.3 Å². The summed E-state index contributed by atoms with van der Waals surface area (Å²) >= 11 is 0. The van der Waals surface area contributed by atoms with E-state index in [4.69, 9.17) is 0 Å². The van der Waals surface area contributed by atoms with Gasteiger partial charge in [0.25, 0.3) is 0 Å². The van der Waals surface area contributed by atoms with Crippen LogP contribution >= 0.6 is 0 Å². The smallest absolute Gasteiger partial charge is 0.356 e. The van der Waals surface area contributed by atoms with Crippen molar-refractivity contribution in [3.8, 4) is 0 Å². The van der Waals surface area contributed by atoms with Crippen LogP contribution in [0, 0.1) is 0 Å². The molecule has 0 spiro atoms. The first-order chi connectivity index (χ1) is 7.42. The Hall–Kier alpha value is -1.42. The number of ether oxygens (including phenoxy) is 1. The maximum Gasteiger partial charge on any atom is 0.356 e. The fraction of sp³-hybridized carbons (Fsp3) is 0.500. The molecule has 4 nitrogen and oxygen atoms in total. The van der Waals surface area contributed by atoms with Crippen LogP contribution in [-0.2, 0) is 11.2 Å². The van der Waals surface area contributed by atoms with Gasteiger partial charge in [0.1, 0.15) is 5.69 Å². The molecule has 1 N–H and O–H groups in total. The van der Waals surface area contributed by atoms with E-state index in [0.29, 0.717) is 18.5 Å². The van der Waals surface area contributed by atoms with Crippen LogP contribution in [0.15, 0.2) is 18.3 Å². The molecule has 1 rings (SSSR count). The third kappa shape index (κ3) is 3.98. The van der Waals surface area contributed by atoms with Gasteiger partial charge >= 0.3 is 5.97 Å². The van der Waals surface area contributed by atoms with Gasteiger partial charge in [-0.25, -0.2) is 9.78 Å². The minimum atomic E-state index is -0.700. The number of aliphatic hydroxyl groups is 1. The van der Waals surface area contributed by atoms with Crippen molar-refractivity contribution in [2.75, 3.05) is 7.11 Å². The Kier molecular flexibility index (Phi) is 4.01. The lowest BCUT2D eigenvalue weighted by atomic mass is 9.99. The normalized spacial score (nSPS) is 11.2. The van der Waals surface area contributed by atoms with E-state index in [9.17, 15) is 9.90 Å². The van der Waals surface area contributed by atoms with E-state index in [2.05, 4.69) is 9.72 Å². The average molecular weight is 223 g/mol. The largest absolute Gasteiger partial charge is 0.464 e.